The number of aromatic amines is 1. The Bertz CT molecular complexity index is 527. The zero-order valence-electron chi connectivity index (χ0n) is 8.95. The molecule has 0 radical (unpaired) electrons. The van der Waals surface area contributed by atoms with Crippen LogP contribution < -0.4 is 5.73 Å². The van der Waals surface area contributed by atoms with Crippen LogP contribution in [0.1, 0.15) is 17.8 Å². The third kappa shape index (κ3) is 2.73. The van der Waals surface area contributed by atoms with E-state index in [4.69, 9.17) is 5.73 Å². The molecular formula is C10H10F2N4S. The molecule has 2 rings (SSSR count). The van der Waals surface area contributed by atoms with E-state index in [2.05, 4.69) is 15.2 Å². The summed E-state index contributed by atoms with van der Waals surface area (Å²) < 4.78 is 25.6. The molecule has 0 aliphatic heterocycles. The second kappa shape index (κ2) is 4.70. The Kier molecular flexibility index (Phi) is 3.28. The predicted octanol–water partition coefficient (Wildman–Crippen LogP) is 2.78. The molecular weight excluding hydrogens is 246 g/mol. The van der Waals surface area contributed by atoms with Gasteiger partial charge in [-0.15, -0.1) is 5.10 Å². The summed E-state index contributed by atoms with van der Waals surface area (Å²) in [4.78, 5) is 4.46. The molecule has 3 N–H and O–H groups in total. The minimum absolute atomic E-state index is 0.0996. The second-order valence-electron chi connectivity index (χ2n) is 3.40. The molecule has 0 amide bonds. The average Bonchev–Trinajstić information content (AvgIpc) is 2.66. The standard InChI is InChI=1S/C10H10F2N4S/c1-5-14-10(16-15-5)17-8-3-2-6(13)4-7(8)9(11)12/h2-4,9H,13H2,1H3,(H,14,15,16). The monoisotopic (exact) mass is 256 g/mol. The fraction of sp³-hybridized carbons (Fsp3) is 0.200. The van der Waals surface area contributed by atoms with E-state index >= 15 is 0 Å². The van der Waals surface area contributed by atoms with Crippen molar-refractivity contribution in [2.75, 3.05) is 5.73 Å². The first-order valence-corrected chi connectivity index (χ1v) is 5.62. The summed E-state index contributed by atoms with van der Waals surface area (Å²) >= 11 is 1.08. The second-order valence-corrected chi connectivity index (χ2v) is 4.41. The highest BCUT2D eigenvalue weighted by molar-refractivity contribution is 7.99. The van der Waals surface area contributed by atoms with Crippen LogP contribution in [0.5, 0.6) is 0 Å². The van der Waals surface area contributed by atoms with Crippen LogP contribution in [0, 0.1) is 6.92 Å². The molecule has 0 bridgehead atoms. The van der Waals surface area contributed by atoms with E-state index in [9.17, 15) is 8.78 Å². The summed E-state index contributed by atoms with van der Waals surface area (Å²) in [6, 6.07) is 4.40. The lowest BCUT2D eigenvalue weighted by molar-refractivity contribution is 0.148. The molecule has 1 heterocycles. The third-order valence-corrected chi connectivity index (χ3v) is 3.00. The maximum atomic E-state index is 12.8. The smallest absolute Gasteiger partial charge is 0.265 e. The maximum absolute atomic E-state index is 12.8. The molecule has 0 aliphatic carbocycles. The molecule has 0 spiro atoms. The highest BCUT2D eigenvalue weighted by atomic mass is 32.2. The number of H-pyrrole nitrogens is 1. The Balaban J connectivity index is 2.32. The largest absolute Gasteiger partial charge is 0.399 e. The summed E-state index contributed by atoms with van der Waals surface area (Å²) in [6.07, 6.45) is -2.57. The summed E-state index contributed by atoms with van der Waals surface area (Å²) in [5, 5.41) is 6.95. The average molecular weight is 256 g/mol. The van der Waals surface area contributed by atoms with Crippen LogP contribution in [-0.2, 0) is 0 Å². The molecule has 0 aliphatic rings. The van der Waals surface area contributed by atoms with E-state index in [1.54, 1.807) is 19.1 Å². The van der Waals surface area contributed by atoms with Gasteiger partial charge in [0.1, 0.15) is 5.82 Å². The molecule has 0 saturated carbocycles. The van der Waals surface area contributed by atoms with Gasteiger partial charge in [0.05, 0.1) is 0 Å². The Morgan fingerprint density at radius 1 is 1.41 bits per heavy atom. The van der Waals surface area contributed by atoms with Crippen molar-refractivity contribution in [3.05, 3.63) is 29.6 Å². The van der Waals surface area contributed by atoms with Gasteiger partial charge in [0, 0.05) is 16.1 Å². The van der Waals surface area contributed by atoms with E-state index in [1.165, 1.54) is 6.07 Å². The van der Waals surface area contributed by atoms with Gasteiger partial charge < -0.3 is 5.73 Å². The number of aromatic nitrogens is 3. The number of hydrogen-bond donors (Lipinski definition) is 2. The summed E-state index contributed by atoms with van der Waals surface area (Å²) in [6.45, 7) is 1.74. The zero-order valence-corrected chi connectivity index (χ0v) is 9.76. The molecule has 0 atom stereocenters. The summed E-state index contributed by atoms with van der Waals surface area (Å²) in [5.74, 6) is 0.640. The molecule has 90 valence electrons. The quantitative estimate of drug-likeness (QED) is 0.829. The van der Waals surface area contributed by atoms with Gasteiger partial charge in [-0.3, -0.25) is 5.10 Å². The van der Waals surface area contributed by atoms with Gasteiger partial charge in [-0.25, -0.2) is 13.8 Å². The molecule has 7 heteroatoms. The SMILES string of the molecule is Cc1nc(Sc2ccc(N)cc2C(F)F)n[nH]1. The number of halogens is 2. The number of aryl methyl sites for hydroxylation is 1. The number of nitrogen functional groups attached to an aromatic ring is 1. The Morgan fingerprint density at radius 3 is 2.76 bits per heavy atom. The van der Waals surface area contributed by atoms with E-state index < -0.39 is 6.43 Å². The zero-order chi connectivity index (χ0) is 12.4. The van der Waals surface area contributed by atoms with Crippen molar-refractivity contribution in [3.8, 4) is 0 Å². The highest BCUT2D eigenvalue weighted by Crippen LogP contribution is 2.34. The minimum Gasteiger partial charge on any atom is -0.399 e. The number of nitrogens with zero attached hydrogens (tertiary/aromatic N) is 2. The van der Waals surface area contributed by atoms with Crippen LogP contribution in [0.3, 0.4) is 0 Å². The lowest BCUT2D eigenvalue weighted by Gasteiger charge is -2.07. The van der Waals surface area contributed by atoms with E-state index in [0.29, 0.717) is 21.6 Å². The lowest BCUT2D eigenvalue weighted by Crippen LogP contribution is -1.93. The van der Waals surface area contributed by atoms with Crippen LogP contribution >= 0.6 is 11.8 Å². The first kappa shape index (κ1) is 11.8. The first-order valence-electron chi connectivity index (χ1n) is 4.80. The lowest BCUT2D eigenvalue weighted by atomic mass is 10.2. The molecule has 0 fully saturated rings. The Morgan fingerprint density at radius 2 is 2.18 bits per heavy atom. The van der Waals surface area contributed by atoms with Gasteiger partial charge in [0.2, 0.25) is 5.16 Å². The fourth-order valence-electron chi connectivity index (χ4n) is 1.30. The van der Waals surface area contributed by atoms with E-state index in [-0.39, 0.29) is 5.56 Å². The molecule has 4 nitrogen and oxygen atoms in total. The van der Waals surface area contributed by atoms with Gasteiger partial charge in [-0.2, -0.15) is 0 Å². The number of nitrogens with one attached hydrogen (secondary N) is 1. The Labute approximate surface area is 101 Å². The fourth-order valence-corrected chi connectivity index (χ4v) is 2.17. The molecule has 2 aromatic rings. The van der Waals surface area contributed by atoms with Crippen molar-refractivity contribution in [2.45, 2.75) is 23.4 Å². The number of nitrogens with two attached hydrogens (primary N) is 1. The van der Waals surface area contributed by atoms with Crippen LogP contribution in [-0.4, -0.2) is 15.2 Å². The molecule has 17 heavy (non-hydrogen) atoms. The number of benzene rings is 1. The van der Waals surface area contributed by atoms with Gasteiger partial charge in [-0.1, -0.05) is 0 Å². The third-order valence-electron chi connectivity index (χ3n) is 2.05. The van der Waals surface area contributed by atoms with Crippen molar-refractivity contribution in [1.82, 2.24) is 15.2 Å². The van der Waals surface area contributed by atoms with Crippen molar-refractivity contribution in [3.63, 3.8) is 0 Å². The van der Waals surface area contributed by atoms with Crippen molar-refractivity contribution in [2.24, 2.45) is 0 Å². The van der Waals surface area contributed by atoms with Crippen molar-refractivity contribution < 1.29 is 8.78 Å². The highest BCUT2D eigenvalue weighted by Gasteiger charge is 2.15. The van der Waals surface area contributed by atoms with Crippen molar-refractivity contribution >= 4 is 17.4 Å². The minimum atomic E-state index is -2.57. The van der Waals surface area contributed by atoms with Crippen LogP contribution in [0.4, 0.5) is 14.5 Å². The molecule has 1 aromatic heterocycles. The van der Waals surface area contributed by atoms with Gasteiger partial charge in [0.25, 0.3) is 6.43 Å². The number of hydrogen-bond acceptors (Lipinski definition) is 4. The summed E-state index contributed by atoms with van der Waals surface area (Å²) in [7, 11) is 0. The maximum Gasteiger partial charge on any atom is 0.265 e. The summed E-state index contributed by atoms with van der Waals surface area (Å²) in [5.41, 5.74) is 5.70. The van der Waals surface area contributed by atoms with Crippen LogP contribution in [0.25, 0.3) is 0 Å². The van der Waals surface area contributed by atoms with Gasteiger partial charge in [0.15, 0.2) is 0 Å². The van der Waals surface area contributed by atoms with Gasteiger partial charge in [-0.05, 0) is 36.9 Å². The van der Waals surface area contributed by atoms with E-state index in [1.807, 2.05) is 0 Å². The first-order chi connectivity index (χ1) is 8.06. The predicted molar refractivity (Wildman–Crippen MR) is 61.1 cm³/mol. The molecule has 0 unspecified atom stereocenters. The normalized spacial score (nSPS) is 11.1. The Hall–Kier alpha value is -1.63. The van der Waals surface area contributed by atoms with Crippen molar-refractivity contribution in [1.29, 1.82) is 0 Å². The number of anilines is 1. The van der Waals surface area contributed by atoms with Crippen LogP contribution in [0.2, 0.25) is 0 Å². The number of rotatable bonds is 3. The molecule has 1 aromatic carbocycles. The number of alkyl halides is 2. The van der Waals surface area contributed by atoms with Gasteiger partial charge >= 0.3 is 0 Å². The topological polar surface area (TPSA) is 67.6 Å². The molecule has 0 saturated heterocycles. The van der Waals surface area contributed by atoms with E-state index in [0.717, 1.165) is 11.8 Å². The van der Waals surface area contributed by atoms with Crippen LogP contribution in [0.15, 0.2) is 28.3 Å².